The zero-order valence-corrected chi connectivity index (χ0v) is 17.4. The number of carbonyl (C=O) groups is 3. The lowest BCUT2D eigenvalue weighted by molar-refractivity contribution is -0.143. The highest BCUT2D eigenvalue weighted by Gasteiger charge is 2.32. The normalized spacial score (nSPS) is 22.6. The Morgan fingerprint density at radius 2 is 1.32 bits per heavy atom. The molecular formula is C20H34ClN3O4. The van der Waals surface area contributed by atoms with E-state index in [2.05, 4.69) is 5.32 Å². The Kier molecular flexibility index (Phi) is 9.02. The molecule has 160 valence electrons. The number of piperidine rings is 3. The summed E-state index contributed by atoms with van der Waals surface area (Å²) in [6.45, 7) is 4.75. The lowest BCUT2D eigenvalue weighted by Gasteiger charge is -2.37. The average molecular weight is 416 g/mol. The summed E-state index contributed by atoms with van der Waals surface area (Å²) in [6, 6.07) is 0. The molecule has 0 bridgehead atoms. The third-order valence-corrected chi connectivity index (χ3v) is 6.51. The molecule has 0 aromatic rings. The largest absolute Gasteiger partial charge is 0.481 e. The Morgan fingerprint density at radius 3 is 1.89 bits per heavy atom. The van der Waals surface area contributed by atoms with E-state index in [0.29, 0.717) is 38.5 Å². The molecule has 2 amide bonds. The second-order valence-electron chi connectivity index (χ2n) is 8.42. The fourth-order valence-electron chi connectivity index (χ4n) is 4.70. The van der Waals surface area contributed by atoms with E-state index < -0.39 is 5.97 Å². The molecule has 2 N–H and O–H groups in total. The quantitative estimate of drug-likeness (QED) is 0.713. The van der Waals surface area contributed by atoms with Crippen LogP contribution in [0.3, 0.4) is 0 Å². The Bertz CT molecular complexity index is 538. The molecule has 0 saturated carbocycles. The van der Waals surface area contributed by atoms with Crippen LogP contribution < -0.4 is 5.32 Å². The maximum absolute atomic E-state index is 12.8. The van der Waals surface area contributed by atoms with Crippen LogP contribution >= 0.6 is 12.4 Å². The van der Waals surface area contributed by atoms with Gasteiger partial charge in [0.15, 0.2) is 0 Å². The Morgan fingerprint density at radius 1 is 0.786 bits per heavy atom. The molecule has 7 nitrogen and oxygen atoms in total. The van der Waals surface area contributed by atoms with Crippen LogP contribution in [0.5, 0.6) is 0 Å². The first kappa shape index (κ1) is 22.9. The van der Waals surface area contributed by atoms with Crippen LogP contribution in [0.2, 0.25) is 0 Å². The van der Waals surface area contributed by atoms with Crippen molar-refractivity contribution in [3.05, 3.63) is 0 Å². The third-order valence-electron chi connectivity index (χ3n) is 6.51. The zero-order valence-electron chi connectivity index (χ0n) is 16.6. The molecule has 3 heterocycles. The van der Waals surface area contributed by atoms with Crippen molar-refractivity contribution in [3.8, 4) is 0 Å². The Labute approximate surface area is 173 Å². The van der Waals surface area contributed by atoms with Gasteiger partial charge in [0.1, 0.15) is 0 Å². The van der Waals surface area contributed by atoms with E-state index in [1.807, 2.05) is 9.80 Å². The molecule has 3 saturated heterocycles. The topological polar surface area (TPSA) is 90.0 Å². The summed E-state index contributed by atoms with van der Waals surface area (Å²) < 4.78 is 0. The summed E-state index contributed by atoms with van der Waals surface area (Å²) >= 11 is 0. The van der Waals surface area contributed by atoms with E-state index in [-0.39, 0.29) is 42.5 Å². The summed E-state index contributed by atoms with van der Waals surface area (Å²) in [7, 11) is 0. The van der Waals surface area contributed by atoms with Crippen LogP contribution in [0.4, 0.5) is 0 Å². The van der Waals surface area contributed by atoms with E-state index in [1.54, 1.807) is 0 Å². The van der Waals surface area contributed by atoms with Crippen LogP contribution in [0.25, 0.3) is 0 Å². The first-order valence-electron chi connectivity index (χ1n) is 10.5. The summed E-state index contributed by atoms with van der Waals surface area (Å²) in [5.74, 6) is 0.424. The van der Waals surface area contributed by atoms with Crippen molar-refractivity contribution in [1.82, 2.24) is 15.1 Å². The third kappa shape index (κ3) is 6.34. The molecule has 0 aromatic heterocycles. The van der Waals surface area contributed by atoms with E-state index >= 15 is 0 Å². The van der Waals surface area contributed by atoms with Gasteiger partial charge in [0.25, 0.3) is 0 Å². The second-order valence-corrected chi connectivity index (χ2v) is 8.42. The van der Waals surface area contributed by atoms with Gasteiger partial charge in [-0.05, 0) is 63.5 Å². The van der Waals surface area contributed by atoms with Gasteiger partial charge in [-0.1, -0.05) is 0 Å². The highest BCUT2D eigenvalue weighted by Crippen LogP contribution is 2.26. The number of likely N-dealkylation sites (tertiary alicyclic amines) is 2. The van der Waals surface area contributed by atoms with Gasteiger partial charge in [-0.15, -0.1) is 12.4 Å². The van der Waals surface area contributed by atoms with E-state index in [4.69, 9.17) is 5.11 Å². The van der Waals surface area contributed by atoms with E-state index in [1.165, 1.54) is 0 Å². The van der Waals surface area contributed by atoms with Gasteiger partial charge in [-0.3, -0.25) is 14.4 Å². The molecular weight excluding hydrogens is 382 g/mol. The molecule has 0 radical (unpaired) electrons. The molecule has 0 aromatic carbocycles. The van der Waals surface area contributed by atoms with Crippen LogP contribution in [0.1, 0.15) is 51.4 Å². The molecule has 3 aliphatic rings. The monoisotopic (exact) mass is 415 g/mol. The number of carboxylic acids is 1. The summed E-state index contributed by atoms with van der Waals surface area (Å²) in [4.78, 5) is 40.0. The van der Waals surface area contributed by atoms with Gasteiger partial charge >= 0.3 is 5.97 Å². The van der Waals surface area contributed by atoms with Crippen LogP contribution in [0, 0.1) is 17.8 Å². The van der Waals surface area contributed by atoms with Crippen LogP contribution in [-0.4, -0.2) is 72.0 Å². The molecule has 28 heavy (non-hydrogen) atoms. The van der Waals surface area contributed by atoms with Crippen molar-refractivity contribution >= 4 is 30.2 Å². The summed E-state index contributed by atoms with van der Waals surface area (Å²) in [5, 5.41) is 12.2. The summed E-state index contributed by atoms with van der Waals surface area (Å²) in [5.41, 5.74) is 0. The highest BCUT2D eigenvalue weighted by molar-refractivity contribution is 5.85. The van der Waals surface area contributed by atoms with Gasteiger partial charge in [0.2, 0.25) is 11.8 Å². The molecule has 3 aliphatic heterocycles. The van der Waals surface area contributed by atoms with Gasteiger partial charge in [-0.2, -0.15) is 0 Å². The smallest absolute Gasteiger partial charge is 0.303 e. The van der Waals surface area contributed by atoms with E-state index in [9.17, 15) is 14.4 Å². The number of amides is 2. The molecule has 3 fully saturated rings. The number of aliphatic carboxylic acids is 1. The Hall–Kier alpha value is -1.34. The van der Waals surface area contributed by atoms with Crippen LogP contribution in [0.15, 0.2) is 0 Å². The van der Waals surface area contributed by atoms with Gasteiger partial charge in [-0.25, -0.2) is 0 Å². The minimum absolute atomic E-state index is 0. The van der Waals surface area contributed by atoms with Gasteiger partial charge in [0, 0.05) is 44.9 Å². The predicted molar refractivity (Wildman–Crippen MR) is 108 cm³/mol. The number of nitrogens with one attached hydrogen (secondary N) is 1. The second kappa shape index (κ2) is 11.0. The summed E-state index contributed by atoms with van der Waals surface area (Å²) in [6.07, 6.45) is 6.10. The van der Waals surface area contributed by atoms with Gasteiger partial charge < -0.3 is 20.2 Å². The molecule has 0 atom stereocenters. The standard InChI is InChI=1S/C20H33N3O4.ClH/c24-18(13-15-1-7-21-8-2-15)22-11-5-17(6-12-22)20(27)23-9-3-16(4-10-23)14-19(25)26;/h15-17,21H,1-14H2,(H,25,26);1H. The lowest BCUT2D eigenvalue weighted by Crippen LogP contribution is -2.47. The minimum atomic E-state index is -0.749. The molecule has 8 heteroatoms. The van der Waals surface area contributed by atoms with Crippen molar-refractivity contribution < 1.29 is 19.5 Å². The highest BCUT2D eigenvalue weighted by atomic mass is 35.5. The molecule has 3 rings (SSSR count). The first-order chi connectivity index (χ1) is 13.0. The van der Waals surface area contributed by atoms with Crippen molar-refractivity contribution in [2.24, 2.45) is 17.8 Å². The molecule has 0 spiro atoms. The zero-order chi connectivity index (χ0) is 19.2. The maximum Gasteiger partial charge on any atom is 0.303 e. The number of halogens is 1. The van der Waals surface area contributed by atoms with E-state index in [0.717, 1.165) is 51.6 Å². The molecule has 0 unspecified atom stereocenters. The minimum Gasteiger partial charge on any atom is -0.481 e. The predicted octanol–water partition coefficient (Wildman–Crippen LogP) is 1.75. The SMILES string of the molecule is Cl.O=C(O)CC1CCN(C(=O)C2CCN(C(=O)CC3CCNCC3)CC2)CC1. The number of rotatable bonds is 5. The first-order valence-corrected chi connectivity index (χ1v) is 10.5. The van der Waals surface area contributed by atoms with Crippen molar-refractivity contribution in [3.63, 3.8) is 0 Å². The van der Waals surface area contributed by atoms with Crippen molar-refractivity contribution in [2.75, 3.05) is 39.3 Å². The maximum atomic E-state index is 12.8. The molecule has 0 aliphatic carbocycles. The Balaban J connectivity index is 0.00000280. The number of hydrogen-bond donors (Lipinski definition) is 2. The fraction of sp³-hybridized carbons (Fsp3) is 0.850. The lowest BCUT2D eigenvalue weighted by atomic mass is 9.90. The number of carbonyl (C=O) groups excluding carboxylic acids is 2. The number of nitrogens with zero attached hydrogens (tertiary/aromatic N) is 2. The van der Waals surface area contributed by atoms with Gasteiger partial charge in [0.05, 0.1) is 0 Å². The van der Waals surface area contributed by atoms with Crippen molar-refractivity contribution in [1.29, 1.82) is 0 Å². The van der Waals surface area contributed by atoms with Crippen molar-refractivity contribution in [2.45, 2.75) is 51.4 Å². The fourth-order valence-corrected chi connectivity index (χ4v) is 4.70. The average Bonchev–Trinajstić information content (AvgIpc) is 2.68. The van der Waals surface area contributed by atoms with Crippen LogP contribution in [-0.2, 0) is 14.4 Å². The number of hydrogen-bond acceptors (Lipinski definition) is 4. The number of carboxylic acid groups (broad SMARTS) is 1.